The summed E-state index contributed by atoms with van der Waals surface area (Å²) in [5, 5.41) is 0.979. The quantitative estimate of drug-likeness (QED) is 0.933. The molecule has 0 saturated heterocycles. The highest BCUT2D eigenvalue weighted by atomic mass is 32.1. The van der Waals surface area contributed by atoms with Gasteiger partial charge in [0.25, 0.3) is 0 Å². The Morgan fingerprint density at radius 1 is 1.30 bits per heavy atom. The molecular formula is C16H22N2OS. The summed E-state index contributed by atoms with van der Waals surface area (Å²) >= 11 is 1.66. The van der Waals surface area contributed by atoms with Crippen LogP contribution in [0.3, 0.4) is 0 Å². The minimum Gasteiger partial charge on any atom is -0.496 e. The zero-order chi connectivity index (χ0) is 14.9. The highest BCUT2D eigenvalue weighted by molar-refractivity contribution is 7.15. The molecule has 0 aliphatic carbocycles. The minimum absolute atomic E-state index is 0.00137. The Kier molecular flexibility index (Phi) is 4.16. The number of thiazole rings is 1. The van der Waals surface area contributed by atoms with Gasteiger partial charge in [0.2, 0.25) is 0 Å². The molecule has 4 heteroatoms. The van der Waals surface area contributed by atoms with E-state index in [-0.39, 0.29) is 5.41 Å². The van der Waals surface area contributed by atoms with Crippen LogP contribution in [0.5, 0.6) is 5.75 Å². The Hall–Kier alpha value is -1.39. The molecule has 1 aromatic carbocycles. The highest BCUT2D eigenvalue weighted by Gasteiger charge is 2.23. The van der Waals surface area contributed by atoms with Crippen molar-refractivity contribution in [2.45, 2.75) is 39.7 Å². The lowest BCUT2D eigenvalue weighted by atomic mass is 9.91. The van der Waals surface area contributed by atoms with Crippen LogP contribution in [0.1, 0.15) is 36.9 Å². The molecular weight excluding hydrogens is 268 g/mol. The van der Waals surface area contributed by atoms with Crippen molar-refractivity contribution in [1.82, 2.24) is 4.98 Å². The van der Waals surface area contributed by atoms with Crippen LogP contribution in [0.15, 0.2) is 18.2 Å². The molecule has 0 bridgehead atoms. The fraction of sp³-hybridized carbons (Fsp3) is 0.438. The van der Waals surface area contributed by atoms with Gasteiger partial charge in [0.1, 0.15) is 10.8 Å². The first kappa shape index (κ1) is 15.0. The Labute approximate surface area is 124 Å². The third-order valence-electron chi connectivity index (χ3n) is 3.18. The maximum atomic E-state index is 5.87. The molecule has 0 aliphatic rings. The first-order valence-electron chi connectivity index (χ1n) is 6.72. The molecule has 0 amide bonds. The van der Waals surface area contributed by atoms with Crippen LogP contribution in [-0.4, -0.2) is 12.1 Å². The van der Waals surface area contributed by atoms with E-state index < -0.39 is 0 Å². The Balaban J connectivity index is 2.57. The van der Waals surface area contributed by atoms with Crippen molar-refractivity contribution >= 4 is 11.3 Å². The molecule has 2 N–H and O–H groups in total. The van der Waals surface area contributed by atoms with E-state index in [0.717, 1.165) is 26.9 Å². The van der Waals surface area contributed by atoms with Gasteiger partial charge in [0, 0.05) is 16.8 Å². The molecule has 20 heavy (non-hydrogen) atoms. The summed E-state index contributed by atoms with van der Waals surface area (Å²) in [4.78, 5) is 5.97. The fourth-order valence-corrected chi connectivity index (χ4v) is 3.35. The van der Waals surface area contributed by atoms with Crippen molar-refractivity contribution in [3.63, 3.8) is 0 Å². The zero-order valence-corrected chi connectivity index (χ0v) is 13.6. The molecule has 1 aromatic heterocycles. The molecule has 0 saturated carbocycles. The second kappa shape index (κ2) is 5.54. The van der Waals surface area contributed by atoms with Crippen LogP contribution >= 0.6 is 11.3 Å². The van der Waals surface area contributed by atoms with Crippen LogP contribution in [0.4, 0.5) is 0 Å². The fourth-order valence-electron chi connectivity index (χ4n) is 2.17. The molecule has 108 valence electrons. The minimum atomic E-state index is 0.00137. The normalized spacial score (nSPS) is 11.7. The lowest BCUT2D eigenvalue weighted by Gasteiger charge is -2.16. The third-order valence-corrected chi connectivity index (χ3v) is 4.29. The average molecular weight is 290 g/mol. The topological polar surface area (TPSA) is 48.1 Å². The summed E-state index contributed by atoms with van der Waals surface area (Å²) in [6.07, 6.45) is 0. The van der Waals surface area contributed by atoms with E-state index >= 15 is 0 Å². The molecule has 0 spiro atoms. The standard InChI is InChI=1S/C16H22N2OS/c1-10-6-7-11(12(8-10)19-5)15-18-14(16(2,3)4)13(9-17)20-15/h6-8H,9,17H2,1-5H3. The van der Waals surface area contributed by atoms with E-state index in [0.29, 0.717) is 6.54 Å². The van der Waals surface area contributed by atoms with Gasteiger partial charge in [0.05, 0.1) is 18.4 Å². The molecule has 0 atom stereocenters. The smallest absolute Gasteiger partial charge is 0.129 e. The summed E-state index contributed by atoms with van der Waals surface area (Å²) in [6.45, 7) is 9.07. The number of nitrogens with zero attached hydrogens (tertiary/aromatic N) is 1. The number of aryl methyl sites for hydroxylation is 1. The Morgan fingerprint density at radius 2 is 2.00 bits per heavy atom. The maximum absolute atomic E-state index is 5.87. The third kappa shape index (κ3) is 2.86. The van der Waals surface area contributed by atoms with Crippen LogP contribution < -0.4 is 10.5 Å². The van der Waals surface area contributed by atoms with Gasteiger partial charge in [-0.05, 0) is 24.6 Å². The van der Waals surface area contributed by atoms with Gasteiger partial charge in [-0.1, -0.05) is 26.8 Å². The number of nitrogens with two attached hydrogens (primary N) is 1. The Morgan fingerprint density at radius 3 is 2.50 bits per heavy atom. The van der Waals surface area contributed by atoms with E-state index in [1.54, 1.807) is 18.4 Å². The summed E-state index contributed by atoms with van der Waals surface area (Å²) in [6, 6.07) is 6.19. The first-order valence-corrected chi connectivity index (χ1v) is 7.53. The summed E-state index contributed by atoms with van der Waals surface area (Å²) in [7, 11) is 1.69. The monoisotopic (exact) mass is 290 g/mol. The molecule has 0 unspecified atom stereocenters. The van der Waals surface area contributed by atoms with Crippen LogP contribution in [-0.2, 0) is 12.0 Å². The molecule has 0 radical (unpaired) electrons. The van der Waals surface area contributed by atoms with Gasteiger partial charge in [-0.2, -0.15) is 0 Å². The van der Waals surface area contributed by atoms with E-state index in [4.69, 9.17) is 15.5 Å². The second-order valence-electron chi connectivity index (χ2n) is 5.95. The van der Waals surface area contributed by atoms with Crippen molar-refractivity contribution < 1.29 is 4.74 Å². The van der Waals surface area contributed by atoms with Gasteiger partial charge in [-0.3, -0.25) is 0 Å². The predicted molar refractivity (Wildman–Crippen MR) is 85.4 cm³/mol. The summed E-state index contributed by atoms with van der Waals surface area (Å²) in [5.41, 5.74) is 9.17. The van der Waals surface area contributed by atoms with Gasteiger partial charge in [-0.15, -0.1) is 11.3 Å². The van der Waals surface area contributed by atoms with E-state index in [9.17, 15) is 0 Å². The van der Waals surface area contributed by atoms with Crippen molar-refractivity contribution in [3.05, 3.63) is 34.3 Å². The molecule has 0 fully saturated rings. The van der Waals surface area contributed by atoms with Gasteiger partial charge in [-0.25, -0.2) is 4.98 Å². The molecule has 1 heterocycles. The maximum Gasteiger partial charge on any atom is 0.129 e. The van der Waals surface area contributed by atoms with Crippen molar-refractivity contribution in [2.24, 2.45) is 5.73 Å². The number of methoxy groups -OCH3 is 1. The summed E-state index contributed by atoms with van der Waals surface area (Å²) in [5.74, 6) is 0.864. The largest absolute Gasteiger partial charge is 0.496 e. The molecule has 0 aliphatic heterocycles. The van der Waals surface area contributed by atoms with Gasteiger partial charge in [0.15, 0.2) is 0 Å². The highest BCUT2D eigenvalue weighted by Crippen LogP contribution is 2.38. The van der Waals surface area contributed by atoms with Crippen LogP contribution in [0.25, 0.3) is 10.6 Å². The van der Waals surface area contributed by atoms with Gasteiger partial charge >= 0.3 is 0 Å². The SMILES string of the molecule is COc1cc(C)ccc1-c1nc(C(C)(C)C)c(CN)s1. The number of rotatable bonds is 3. The molecule has 2 rings (SSSR count). The summed E-state index contributed by atoms with van der Waals surface area (Å²) < 4.78 is 5.48. The van der Waals surface area contributed by atoms with Crippen LogP contribution in [0.2, 0.25) is 0 Å². The van der Waals surface area contributed by atoms with Gasteiger partial charge < -0.3 is 10.5 Å². The first-order chi connectivity index (χ1) is 9.36. The number of benzene rings is 1. The Bertz CT molecular complexity index is 611. The van der Waals surface area contributed by atoms with Crippen molar-refractivity contribution in [3.8, 4) is 16.3 Å². The number of hydrogen-bond acceptors (Lipinski definition) is 4. The lowest BCUT2D eigenvalue weighted by molar-refractivity contribution is 0.416. The predicted octanol–water partition coefficient (Wildman–Crippen LogP) is 3.88. The second-order valence-corrected chi connectivity index (χ2v) is 7.03. The molecule has 3 nitrogen and oxygen atoms in total. The van der Waals surface area contributed by atoms with Crippen LogP contribution in [0, 0.1) is 6.92 Å². The van der Waals surface area contributed by atoms with E-state index in [2.05, 4.69) is 39.8 Å². The zero-order valence-electron chi connectivity index (χ0n) is 12.8. The lowest BCUT2D eigenvalue weighted by Crippen LogP contribution is -2.15. The van der Waals surface area contributed by atoms with E-state index in [1.165, 1.54) is 5.56 Å². The van der Waals surface area contributed by atoms with Crippen molar-refractivity contribution in [2.75, 3.05) is 7.11 Å². The van der Waals surface area contributed by atoms with E-state index in [1.807, 2.05) is 6.07 Å². The van der Waals surface area contributed by atoms with Crippen molar-refractivity contribution in [1.29, 1.82) is 0 Å². The number of aromatic nitrogens is 1. The molecule has 2 aromatic rings. The average Bonchev–Trinajstić information content (AvgIpc) is 2.82. The number of ether oxygens (including phenoxy) is 1. The number of hydrogen-bond donors (Lipinski definition) is 1.